The van der Waals surface area contributed by atoms with E-state index in [1.807, 2.05) is 0 Å². The zero-order valence-corrected chi connectivity index (χ0v) is 7.88. The highest BCUT2D eigenvalue weighted by Crippen LogP contribution is 2.04. The minimum Gasteiger partial charge on any atom is -0.479 e. The van der Waals surface area contributed by atoms with Gasteiger partial charge in [-0.25, -0.2) is 9.59 Å². The highest BCUT2D eigenvalue weighted by Gasteiger charge is 2.28. The van der Waals surface area contributed by atoms with Gasteiger partial charge >= 0.3 is 11.9 Å². The summed E-state index contributed by atoms with van der Waals surface area (Å²) >= 11 is 0. The predicted octanol–water partition coefficient (Wildman–Crippen LogP) is -0.133. The van der Waals surface area contributed by atoms with Crippen molar-refractivity contribution in [2.24, 2.45) is 0 Å². The van der Waals surface area contributed by atoms with Crippen LogP contribution in [0.5, 0.6) is 0 Å². The molecular weight excluding hydrogens is 202 g/mol. The second-order valence-electron chi connectivity index (χ2n) is 2.98. The Bertz CT molecular complexity index is 448. The van der Waals surface area contributed by atoms with E-state index in [9.17, 15) is 14.4 Å². The second-order valence-corrected chi connectivity index (χ2v) is 2.98. The van der Waals surface area contributed by atoms with Gasteiger partial charge in [0.1, 0.15) is 0 Å². The maximum absolute atomic E-state index is 11.5. The molecule has 0 bridgehead atoms. The van der Waals surface area contributed by atoms with Crippen molar-refractivity contribution in [3.8, 4) is 0 Å². The Morgan fingerprint density at radius 2 is 1.87 bits per heavy atom. The number of carboxylic acid groups (broad SMARTS) is 2. The first kappa shape index (κ1) is 11.0. The molecule has 6 nitrogen and oxygen atoms in total. The van der Waals surface area contributed by atoms with Crippen LogP contribution in [0.1, 0.15) is 11.6 Å². The van der Waals surface area contributed by atoms with E-state index in [0.717, 1.165) is 6.20 Å². The van der Waals surface area contributed by atoms with Crippen LogP contribution in [0.4, 0.5) is 0 Å². The van der Waals surface area contributed by atoms with Crippen LogP contribution in [-0.2, 0) is 9.59 Å². The van der Waals surface area contributed by atoms with E-state index >= 15 is 0 Å². The van der Waals surface area contributed by atoms with Gasteiger partial charge in [0.15, 0.2) is 0 Å². The maximum atomic E-state index is 11.5. The zero-order valence-electron chi connectivity index (χ0n) is 7.88. The first-order valence-electron chi connectivity index (χ1n) is 4.08. The number of rotatable bonds is 3. The van der Waals surface area contributed by atoms with Crippen LogP contribution in [0.3, 0.4) is 0 Å². The number of aryl methyl sites for hydroxylation is 1. The lowest BCUT2D eigenvalue weighted by molar-refractivity contribution is -0.153. The van der Waals surface area contributed by atoms with E-state index in [-0.39, 0.29) is 0 Å². The normalized spacial score (nSPS) is 10.3. The van der Waals surface area contributed by atoms with Gasteiger partial charge < -0.3 is 10.2 Å². The fourth-order valence-corrected chi connectivity index (χ4v) is 1.17. The van der Waals surface area contributed by atoms with Crippen LogP contribution in [0.2, 0.25) is 0 Å². The molecule has 15 heavy (non-hydrogen) atoms. The van der Waals surface area contributed by atoms with Crippen LogP contribution >= 0.6 is 0 Å². The highest BCUT2D eigenvalue weighted by atomic mass is 16.4. The third kappa shape index (κ3) is 2.04. The Hall–Kier alpha value is -2.11. The molecule has 0 aliphatic carbocycles. The van der Waals surface area contributed by atoms with Crippen LogP contribution in [0, 0.1) is 6.92 Å². The molecule has 2 N–H and O–H groups in total. The number of carboxylic acids is 2. The first-order chi connectivity index (χ1) is 6.95. The van der Waals surface area contributed by atoms with Crippen LogP contribution in [0.25, 0.3) is 0 Å². The Balaban J connectivity index is 3.36. The predicted molar refractivity (Wildman–Crippen MR) is 49.7 cm³/mol. The molecule has 1 aromatic rings. The summed E-state index contributed by atoms with van der Waals surface area (Å²) in [5.41, 5.74) is -0.322. The molecule has 1 rings (SSSR count). The zero-order chi connectivity index (χ0) is 11.6. The van der Waals surface area contributed by atoms with Crippen molar-refractivity contribution in [1.29, 1.82) is 0 Å². The molecule has 0 unspecified atom stereocenters. The molecule has 0 atom stereocenters. The third-order valence-electron chi connectivity index (χ3n) is 1.91. The largest absolute Gasteiger partial charge is 0.479 e. The Morgan fingerprint density at radius 1 is 1.33 bits per heavy atom. The SMILES string of the molecule is Cc1cccn(C(C(=O)O)C(=O)O)c1=O. The van der Waals surface area contributed by atoms with Gasteiger partial charge in [0.2, 0.25) is 6.04 Å². The van der Waals surface area contributed by atoms with Gasteiger partial charge in [-0.1, -0.05) is 6.07 Å². The molecule has 0 amide bonds. The van der Waals surface area contributed by atoms with Crippen molar-refractivity contribution < 1.29 is 19.8 Å². The van der Waals surface area contributed by atoms with Gasteiger partial charge in [-0.15, -0.1) is 0 Å². The lowest BCUT2D eigenvalue weighted by atomic mass is 10.2. The van der Waals surface area contributed by atoms with E-state index in [2.05, 4.69) is 0 Å². The van der Waals surface area contributed by atoms with E-state index in [1.165, 1.54) is 19.1 Å². The summed E-state index contributed by atoms with van der Waals surface area (Å²) in [7, 11) is 0. The van der Waals surface area contributed by atoms with Gasteiger partial charge in [-0.05, 0) is 13.0 Å². The number of carbonyl (C=O) groups is 2. The molecule has 1 aromatic heterocycles. The van der Waals surface area contributed by atoms with E-state index in [0.29, 0.717) is 10.1 Å². The molecule has 0 radical (unpaired) electrons. The van der Waals surface area contributed by atoms with Gasteiger partial charge in [0, 0.05) is 11.8 Å². The number of hydrogen-bond acceptors (Lipinski definition) is 3. The smallest absolute Gasteiger partial charge is 0.338 e. The Labute approximate surface area is 84.4 Å². The molecule has 0 fully saturated rings. The molecule has 0 aliphatic heterocycles. The molecule has 0 spiro atoms. The van der Waals surface area contributed by atoms with Crippen molar-refractivity contribution in [2.75, 3.05) is 0 Å². The number of pyridine rings is 1. The minimum atomic E-state index is -1.88. The summed E-state index contributed by atoms with van der Waals surface area (Å²) in [5.74, 6) is -3.15. The van der Waals surface area contributed by atoms with Crippen molar-refractivity contribution in [3.05, 3.63) is 34.2 Å². The minimum absolute atomic E-state index is 0.296. The van der Waals surface area contributed by atoms with Crippen molar-refractivity contribution >= 4 is 11.9 Å². The summed E-state index contributed by atoms with van der Waals surface area (Å²) in [6, 6.07) is 1.03. The molecule has 0 aliphatic rings. The summed E-state index contributed by atoms with van der Waals surface area (Å²) in [6.07, 6.45) is 1.14. The molecule has 6 heteroatoms. The molecule has 1 heterocycles. The van der Waals surface area contributed by atoms with Crippen molar-refractivity contribution in [3.63, 3.8) is 0 Å². The van der Waals surface area contributed by atoms with Crippen LogP contribution < -0.4 is 5.56 Å². The Kier molecular flexibility index (Phi) is 2.89. The average Bonchev–Trinajstić information content (AvgIpc) is 2.11. The Morgan fingerprint density at radius 3 is 2.33 bits per heavy atom. The van der Waals surface area contributed by atoms with Gasteiger partial charge in [-0.3, -0.25) is 9.36 Å². The van der Waals surface area contributed by atoms with Crippen LogP contribution in [-0.4, -0.2) is 26.7 Å². The van der Waals surface area contributed by atoms with E-state index < -0.39 is 23.5 Å². The standard InChI is InChI=1S/C9H9NO5/c1-5-3-2-4-10(7(5)11)6(8(12)13)9(14)15/h2-4,6H,1H3,(H,12,13)(H,14,15). The molecule has 0 aromatic carbocycles. The number of hydrogen-bond donors (Lipinski definition) is 2. The number of aliphatic carboxylic acids is 2. The summed E-state index contributed by atoms with van der Waals surface area (Å²) in [4.78, 5) is 32.8. The summed E-state index contributed by atoms with van der Waals surface area (Å²) < 4.78 is 0.681. The van der Waals surface area contributed by atoms with Gasteiger partial charge in [0.25, 0.3) is 5.56 Å². The lowest BCUT2D eigenvalue weighted by Crippen LogP contribution is -2.35. The molecule has 0 saturated carbocycles. The topological polar surface area (TPSA) is 96.6 Å². The first-order valence-corrected chi connectivity index (χ1v) is 4.08. The highest BCUT2D eigenvalue weighted by molar-refractivity contribution is 5.95. The third-order valence-corrected chi connectivity index (χ3v) is 1.91. The van der Waals surface area contributed by atoms with Crippen molar-refractivity contribution in [2.45, 2.75) is 13.0 Å². The molecule has 0 saturated heterocycles. The van der Waals surface area contributed by atoms with Crippen LogP contribution in [0.15, 0.2) is 23.1 Å². The monoisotopic (exact) mass is 211 g/mol. The molecule has 80 valence electrons. The summed E-state index contributed by atoms with van der Waals surface area (Å²) in [5, 5.41) is 17.3. The lowest BCUT2D eigenvalue weighted by Gasteiger charge is -2.11. The van der Waals surface area contributed by atoms with Gasteiger partial charge in [-0.2, -0.15) is 0 Å². The summed E-state index contributed by atoms with van der Waals surface area (Å²) in [6.45, 7) is 1.49. The van der Waals surface area contributed by atoms with Gasteiger partial charge in [0.05, 0.1) is 0 Å². The number of nitrogens with zero attached hydrogens (tertiary/aromatic N) is 1. The van der Waals surface area contributed by atoms with E-state index in [1.54, 1.807) is 0 Å². The maximum Gasteiger partial charge on any atom is 0.338 e. The quantitative estimate of drug-likeness (QED) is 0.678. The fourth-order valence-electron chi connectivity index (χ4n) is 1.17. The fraction of sp³-hybridized carbons (Fsp3) is 0.222. The van der Waals surface area contributed by atoms with Crippen molar-refractivity contribution in [1.82, 2.24) is 4.57 Å². The second kappa shape index (κ2) is 3.95. The van der Waals surface area contributed by atoms with E-state index in [4.69, 9.17) is 10.2 Å². The average molecular weight is 211 g/mol. The molecular formula is C9H9NO5. The number of aromatic nitrogens is 1.